The Hall–Kier alpha value is 0. The zero-order valence-corrected chi connectivity index (χ0v) is 14.5. The lowest BCUT2D eigenvalue weighted by molar-refractivity contribution is 0.245. The van der Waals surface area contributed by atoms with Crippen LogP contribution >= 0.6 is 0 Å². The van der Waals surface area contributed by atoms with Gasteiger partial charge in [-0.05, 0) is 24.2 Å². The Morgan fingerprint density at radius 1 is 0.526 bits per heavy atom. The number of rotatable bonds is 13. The van der Waals surface area contributed by atoms with E-state index >= 15 is 0 Å². The van der Waals surface area contributed by atoms with Crippen molar-refractivity contribution >= 4 is 0 Å². The fourth-order valence-corrected chi connectivity index (χ4v) is 3.53. The standard InChI is InChI=1S/C19H40/c1-6-11-13-17(8-3)15-16-19(14-12-7-2)18(9-4)10-5/h17-19H,6-16H2,1-5H3. The molecule has 0 aliphatic rings. The lowest BCUT2D eigenvalue weighted by Gasteiger charge is -2.27. The minimum absolute atomic E-state index is 0.982. The first-order valence-corrected chi connectivity index (χ1v) is 9.23. The van der Waals surface area contributed by atoms with E-state index in [1.807, 2.05) is 0 Å². The predicted molar refractivity (Wildman–Crippen MR) is 89.6 cm³/mol. The molecule has 116 valence electrons. The Balaban J connectivity index is 4.20. The molecule has 0 aliphatic heterocycles. The van der Waals surface area contributed by atoms with Gasteiger partial charge in [0.2, 0.25) is 0 Å². The first-order chi connectivity index (χ1) is 9.23. The van der Waals surface area contributed by atoms with Gasteiger partial charge in [-0.2, -0.15) is 0 Å². The summed E-state index contributed by atoms with van der Waals surface area (Å²) in [4.78, 5) is 0. The molecule has 0 spiro atoms. The molecule has 0 aromatic heterocycles. The van der Waals surface area contributed by atoms with Crippen molar-refractivity contribution in [1.29, 1.82) is 0 Å². The summed E-state index contributed by atoms with van der Waals surface area (Å²) in [7, 11) is 0. The van der Waals surface area contributed by atoms with Gasteiger partial charge in [0.05, 0.1) is 0 Å². The highest BCUT2D eigenvalue weighted by Crippen LogP contribution is 2.31. The monoisotopic (exact) mass is 268 g/mol. The number of hydrogen-bond acceptors (Lipinski definition) is 0. The summed E-state index contributed by atoms with van der Waals surface area (Å²) in [5.41, 5.74) is 0. The van der Waals surface area contributed by atoms with Gasteiger partial charge in [-0.1, -0.05) is 98.8 Å². The highest BCUT2D eigenvalue weighted by Gasteiger charge is 2.19. The smallest absolute Gasteiger partial charge is 0.0386 e. The minimum Gasteiger partial charge on any atom is -0.0654 e. The zero-order valence-electron chi connectivity index (χ0n) is 14.5. The maximum absolute atomic E-state index is 2.39. The van der Waals surface area contributed by atoms with Gasteiger partial charge in [0.15, 0.2) is 0 Å². The predicted octanol–water partition coefficient (Wildman–Crippen LogP) is 7.23. The van der Waals surface area contributed by atoms with Crippen LogP contribution in [0.1, 0.15) is 105 Å². The van der Waals surface area contributed by atoms with E-state index in [0.717, 1.165) is 17.8 Å². The maximum Gasteiger partial charge on any atom is -0.0386 e. The third-order valence-electron chi connectivity index (χ3n) is 5.13. The molecule has 19 heavy (non-hydrogen) atoms. The van der Waals surface area contributed by atoms with Crippen molar-refractivity contribution in [2.24, 2.45) is 17.8 Å². The van der Waals surface area contributed by atoms with Crippen molar-refractivity contribution in [1.82, 2.24) is 0 Å². The van der Waals surface area contributed by atoms with Gasteiger partial charge < -0.3 is 0 Å². The van der Waals surface area contributed by atoms with Crippen LogP contribution in [0.4, 0.5) is 0 Å². The number of unbranched alkanes of at least 4 members (excludes halogenated alkanes) is 2. The summed E-state index contributed by atoms with van der Waals surface area (Å²) in [6, 6.07) is 0. The van der Waals surface area contributed by atoms with Crippen molar-refractivity contribution in [2.75, 3.05) is 0 Å². The van der Waals surface area contributed by atoms with Gasteiger partial charge in [-0.3, -0.25) is 0 Å². The minimum atomic E-state index is 0.982. The molecule has 0 saturated carbocycles. The number of hydrogen-bond donors (Lipinski definition) is 0. The van der Waals surface area contributed by atoms with Crippen LogP contribution in [0.3, 0.4) is 0 Å². The van der Waals surface area contributed by atoms with Crippen LogP contribution in [0.2, 0.25) is 0 Å². The van der Waals surface area contributed by atoms with Crippen LogP contribution < -0.4 is 0 Å². The van der Waals surface area contributed by atoms with E-state index in [1.54, 1.807) is 0 Å². The topological polar surface area (TPSA) is 0 Å². The average Bonchev–Trinajstić information content (AvgIpc) is 2.45. The van der Waals surface area contributed by atoms with Gasteiger partial charge in [-0.25, -0.2) is 0 Å². The zero-order chi connectivity index (χ0) is 14.5. The normalized spacial score (nSPS) is 14.8. The fraction of sp³-hybridized carbons (Fsp3) is 1.00. The molecule has 0 aromatic rings. The molecule has 0 saturated heterocycles. The average molecular weight is 269 g/mol. The van der Waals surface area contributed by atoms with Crippen LogP contribution in [0, 0.1) is 17.8 Å². The van der Waals surface area contributed by atoms with Crippen LogP contribution in [0.25, 0.3) is 0 Å². The molecule has 0 radical (unpaired) electrons. The fourth-order valence-electron chi connectivity index (χ4n) is 3.53. The summed E-state index contributed by atoms with van der Waals surface area (Å²) >= 11 is 0. The summed E-state index contributed by atoms with van der Waals surface area (Å²) in [6.45, 7) is 11.8. The highest BCUT2D eigenvalue weighted by molar-refractivity contribution is 4.70. The van der Waals surface area contributed by atoms with E-state index in [-0.39, 0.29) is 0 Å². The van der Waals surface area contributed by atoms with Crippen molar-refractivity contribution < 1.29 is 0 Å². The van der Waals surface area contributed by atoms with E-state index in [1.165, 1.54) is 70.6 Å². The Labute approximate surface area is 123 Å². The Bertz CT molecular complexity index is 169. The van der Waals surface area contributed by atoms with Crippen molar-refractivity contribution in [3.63, 3.8) is 0 Å². The van der Waals surface area contributed by atoms with Crippen LogP contribution in [0.5, 0.6) is 0 Å². The molecular formula is C19H40. The van der Waals surface area contributed by atoms with Gasteiger partial charge in [-0.15, -0.1) is 0 Å². The second-order valence-corrected chi connectivity index (χ2v) is 6.47. The second-order valence-electron chi connectivity index (χ2n) is 6.47. The first kappa shape index (κ1) is 19.0. The Morgan fingerprint density at radius 3 is 1.58 bits per heavy atom. The molecule has 2 unspecified atom stereocenters. The second kappa shape index (κ2) is 13.0. The lowest BCUT2D eigenvalue weighted by atomic mass is 9.79. The largest absolute Gasteiger partial charge is 0.0654 e. The summed E-state index contributed by atoms with van der Waals surface area (Å²) < 4.78 is 0. The molecule has 2 atom stereocenters. The summed E-state index contributed by atoms with van der Waals surface area (Å²) in [5, 5.41) is 0. The van der Waals surface area contributed by atoms with Gasteiger partial charge >= 0.3 is 0 Å². The van der Waals surface area contributed by atoms with Gasteiger partial charge in [0, 0.05) is 0 Å². The molecule has 0 aromatic carbocycles. The van der Waals surface area contributed by atoms with Crippen molar-refractivity contribution in [2.45, 2.75) is 105 Å². The molecule has 0 N–H and O–H groups in total. The van der Waals surface area contributed by atoms with Gasteiger partial charge in [0.25, 0.3) is 0 Å². The molecule has 0 nitrogen and oxygen atoms in total. The maximum atomic E-state index is 2.39. The summed E-state index contributed by atoms with van der Waals surface area (Å²) in [6.07, 6.45) is 15.7. The molecule has 0 heteroatoms. The van der Waals surface area contributed by atoms with Crippen molar-refractivity contribution in [3.05, 3.63) is 0 Å². The SMILES string of the molecule is CCCCC(CC)CCC(CCCC)C(CC)CC. The van der Waals surface area contributed by atoms with Gasteiger partial charge in [0.1, 0.15) is 0 Å². The van der Waals surface area contributed by atoms with Crippen LogP contribution in [-0.4, -0.2) is 0 Å². The molecule has 0 aliphatic carbocycles. The molecule has 0 fully saturated rings. The lowest BCUT2D eigenvalue weighted by Crippen LogP contribution is -2.15. The third kappa shape index (κ3) is 8.71. The van der Waals surface area contributed by atoms with E-state index in [9.17, 15) is 0 Å². The quantitative estimate of drug-likeness (QED) is 0.330. The van der Waals surface area contributed by atoms with E-state index < -0.39 is 0 Å². The summed E-state index contributed by atoms with van der Waals surface area (Å²) in [5.74, 6) is 2.99. The molecule has 0 amide bonds. The molecule has 0 heterocycles. The van der Waals surface area contributed by atoms with Crippen LogP contribution in [0.15, 0.2) is 0 Å². The molecule has 0 rings (SSSR count). The van der Waals surface area contributed by atoms with Crippen molar-refractivity contribution in [3.8, 4) is 0 Å². The van der Waals surface area contributed by atoms with E-state index in [4.69, 9.17) is 0 Å². The Kier molecular flexibility index (Phi) is 13.0. The van der Waals surface area contributed by atoms with E-state index in [0.29, 0.717) is 0 Å². The molecule has 0 bridgehead atoms. The first-order valence-electron chi connectivity index (χ1n) is 9.23. The van der Waals surface area contributed by atoms with Crippen LogP contribution in [-0.2, 0) is 0 Å². The van der Waals surface area contributed by atoms with E-state index in [2.05, 4.69) is 34.6 Å². The molecular weight excluding hydrogens is 228 g/mol. The third-order valence-corrected chi connectivity index (χ3v) is 5.13. The highest BCUT2D eigenvalue weighted by atomic mass is 14.2. The Morgan fingerprint density at radius 2 is 1.11 bits per heavy atom.